The van der Waals surface area contributed by atoms with Crippen LogP contribution >= 0.6 is 11.3 Å². The van der Waals surface area contributed by atoms with Crippen molar-refractivity contribution in [1.29, 1.82) is 0 Å². The van der Waals surface area contributed by atoms with Gasteiger partial charge >= 0.3 is 6.18 Å². The summed E-state index contributed by atoms with van der Waals surface area (Å²) in [6.07, 6.45) is -2.84. The summed E-state index contributed by atoms with van der Waals surface area (Å²) in [6.45, 7) is -1.56. The third kappa shape index (κ3) is 2.91. The molecule has 1 N–H and O–H groups in total. The number of fused-ring (bicyclic) bond motifs is 1. The lowest BCUT2D eigenvalue weighted by Gasteiger charge is -2.24. The molecule has 0 saturated heterocycles. The second-order valence-electron chi connectivity index (χ2n) is 3.73. The van der Waals surface area contributed by atoms with Crippen LogP contribution in [0.2, 0.25) is 0 Å². The highest BCUT2D eigenvalue weighted by Gasteiger charge is 2.31. The maximum Gasteiger partial charge on any atom is 0.405 e. The molecule has 2 aromatic heterocycles. The first-order chi connectivity index (χ1) is 8.51. The zero-order valence-corrected chi connectivity index (χ0v) is 10.1. The molecule has 0 radical (unpaired) electrons. The molecule has 0 aliphatic heterocycles. The number of halogens is 3. The Morgan fingerprint density at radius 1 is 1.33 bits per heavy atom. The van der Waals surface area contributed by atoms with Gasteiger partial charge in [-0.15, -0.1) is 11.3 Å². The molecule has 0 bridgehead atoms. The van der Waals surface area contributed by atoms with Gasteiger partial charge in [0.05, 0.1) is 6.61 Å². The average Bonchev–Trinajstić information content (AvgIpc) is 2.74. The van der Waals surface area contributed by atoms with Crippen molar-refractivity contribution in [3.05, 3.63) is 23.7 Å². The van der Waals surface area contributed by atoms with E-state index >= 15 is 0 Å². The van der Waals surface area contributed by atoms with Gasteiger partial charge in [-0.2, -0.15) is 13.2 Å². The number of aliphatic hydroxyl groups is 1. The van der Waals surface area contributed by atoms with Gasteiger partial charge < -0.3 is 10.0 Å². The van der Waals surface area contributed by atoms with Gasteiger partial charge in [0.25, 0.3) is 0 Å². The molecule has 3 nitrogen and oxygen atoms in total. The van der Waals surface area contributed by atoms with E-state index in [1.54, 1.807) is 17.5 Å². The monoisotopic (exact) mass is 276 g/mol. The smallest absolute Gasteiger partial charge is 0.395 e. The minimum absolute atomic E-state index is 0.0958. The van der Waals surface area contributed by atoms with E-state index in [0.717, 1.165) is 9.60 Å². The van der Waals surface area contributed by atoms with Crippen molar-refractivity contribution in [2.75, 3.05) is 24.6 Å². The lowest BCUT2D eigenvalue weighted by Crippen LogP contribution is -2.36. The third-order valence-electron chi connectivity index (χ3n) is 2.40. The molecule has 2 rings (SSSR count). The number of hydrogen-bond acceptors (Lipinski definition) is 4. The number of nitrogens with zero attached hydrogens (tertiary/aromatic N) is 2. The first-order valence-corrected chi connectivity index (χ1v) is 6.14. The fourth-order valence-corrected chi connectivity index (χ4v) is 2.51. The highest BCUT2D eigenvalue weighted by Crippen LogP contribution is 2.30. The molecule has 0 amide bonds. The van der Waals surface area contributed by atoms with Crippen LogP contribution in [0.15, 0.2) is 23.7 Å². The Labute approximate surface area is 105 Å². The number of anilines is 1. The van der Waals surface area contributed by atoms with E-state index in [1.165, 1.54) is 17.5 Å². The Bertz CT molecular complexity index is 526. The van der Waals surface area contributed by atoms with Crippen molar-refractivity contribution < 1.29 is 18.3 Å². The highest BCUT2D eigenvalue weighted by atomic mass is 32.1. The van der Waals surface area contributed by atoms with Crippen LogP contribution in [-0.4, -0.2) is 36.0 Å². The predicted molar refractivity (Wildman–Crippen MR) is 65.0 cm³/mol. The van der Waals surface area contributed by atoms with E-state index < -0.39 is 12.7 Å². The quantitative estimate of drug-likeness (QED) is 0.932. The second kappa shape index (κ2) is 5.11. The molecule has 18 heavy (non-hydrogen) atoms. The van der Waals surface area contributed by atoms with E-state index in [9.17, 15) is 13.2 Å². The van der Waals surface area contributed by atoms with Crippen molar-refractivity contribution in [3.63, 3.8) is 0 Å². The number of pyridine rings is 1. The molecule has 0 unspecified atom stereocenters. The number of aliphatic hydroxyl groups excluding tert-OH is 1. The summed E-state index contributed by atoms with van der Waals surface area (Å²) in [5.74, 6) is 0.264. The molecule has 0 saturated carbocycles. The largest absolute Gasteiger partial charge is 0.405 e. The second-order valence-corrected chi connectivity index (χ2v) is 4.68. The normalized spacial score (nSPS) is 12.0. The van der Waals surface area contributed by atoms with Crippen molar-refractivity contribution >= 4 is 27.2 Å². The summed E-state index contributed by atoms with van der Waals surface area (Å²) >= 11 is 1.44. The van der Waals surface area contributed by atoms with Crippen LogP contribution in [-0.2, 0) is 0 Å². The van der Waals surface area contributed by atoms with E-state index in [0.29, 0.717) is 5.39 Å². The maximum atomic E-state index is 12.5. The van der Waals surface area contributed by atoms with Crippen molar-refractivity contribution in [1.82, 2.24) is 4.98 Å². The summed E-state index contributed by atoms with van der Waals surface area (Å²) in [4.78, 5) is 5.05. The fourth-order valence-electron chi connectivity index (χ4n) is 1.73. The molecule has 2 heterocycles. The first-order valence-electron chi connectivity index (χ1n) is 5.26. The molecule has 0 aliphatic rings. The van der Waals surface area contributed by atoms with Crippen LogP contribution in [0.4, 0.5) is 19.0 Å². The average molecular weight is 276 g/mol. The predicted octanol–water partition coefficient (Wildman–Crippen LogP) is 2.66. The number of aromatic nitrogens is 1. The maximum absolute atomic E-state index is 12.5. The molecule has 0 aromatic carbocycles. The van der Waals surface area contributed by atoms with Crippen LogP contribution in [0.25, 0.3) is 10.1 Å². The minimum Gasteiger partial charge on any atom is -0.395 e. The van der Waals surface area contributed by atoms with Crippen LogP contribution in [0.3, 0.4) is 0 Å². The molecular weight excluding hydrogens is 265 g/mol. The van der Waals surface area contributed by atoms with Gasteiger partial charge in [0.2, 0.25) is 0 Å². The third-order valence-corrected chi connectivity index (χ3v) is 3.28. The molecule has 0 atom stereocenters. The van der Waals surface area contributed by atoms with E-state index in [-0.39, 0.29) is 19.0 Å². The summed E-state index contributed by atoms with van der Waals surface area (Å²) in [6, 6.07) is 3.50. The Morgan fingerprint density at radius 3 is 2.78 bits per heavy atom. The molecule has 0 spiro atoms. The lowest BCUT2D eigenvalue weighted by molar-refractivity contribution is -0.119. The Kier molecular flexibility index (Phi) is 3.72. The lowest BCUT2D eigenvalue weighted by atomic mass is 10.3. The first kappa shape index (κ1) is 13.1. The van der Waals surface area contributed by atoms with Crippen LogP contribution in [0.5, 0.6) is 0 Å². The Hall–Kier alpha value is -1.34. The number of rotatable bonds is 4. The number of hydrogen-bond donors (Lipinski definition) is 1. The summed E-state index contributed by atoms with van der Waals surface area (Å²) in [5.41, 5.74) is 0. The molecule has 98 valence electrons. The summed E-state index contributed by atoms with van der Waals surface area (Å²) in [5, 5.41) is 11.4. The molecule has 2 aromatic rings. The van der Waals surface area contributed by atoms with Gasteiger partial charge in [-0.3, -0.25) is 0 Å². The van der Waals surface area contributed by atoms with Gasteiger partial charge in [-0.25, -0.2) is 4.98 Å². The van der Waals surface area contributed by atoms with Gasteiger partial charge in [-0.1, -0.05) is 0 Å². The summed E-state index contributed by atoms with van der Waals surface area (Å²) in [7, 11) is 0. The van der Waals surface area contributed by atoms with Gasteiger partial charge in [0.1, 0.15) is 12.4 Å². The molecule has 7 heteroatoms. The Balaban J connectivity index is 2.38. The molecule has 0 fully saturated rings. The fraction of sp³-hybridized carbons (Fsp3) is 0.364. The topological polar surface area (TPSA) is 36.4 Å². The van der Waals surface area contributed by atoms with E-state index in [1.807, 2.05) is 0 Å². The minimum atomic E-state index is -4.32. The van der Waals surface area contributed by atoms with Gasteiger partial charge in [0, 0.05) is 22.8 Å². The molecular formula is C11H11F3N2OS. The standard InChI is InChI=1S/C11H11F3N2OS/c12-11(13,14)7-16(4-5-17)10-8-2-6-18-9(8)1-3-15-10/h1-3,6,17H,4-5,7H2. The number of alkyl halides is 3. The van der Waals surface area contributed by atoms with Gasteiger partial charge in [0.15, 0.2) is 0 Å². The number of thiophene rings is 1. The SMILES string of the molecule is OCCN(CC(F)(F)F)c1nccc2sccc12. The van der Waals surface area contributed by atoms with Crippen LogP contribution in [0.1, 0.15) is 0 Å². The van der Waals surface area contributed by atoms with Crippen LogP contribution < -0.4 is 4.90 Å². The van der Waals surface area contributed by atoms with E-state index in [4.69, 9.17) is 5.11 Å². The van der Waals surface area contributed by atoms with Crippen molar-refractivity contribution in [2.45, 2.75) is 6.18 Å². The van der Waals surface area contributed by atoms with E-state index in [2.05, 4.69) is 4.98 Å². The summed E-state index contributed by atoms with van der Waals surface area (Å²) < 4.78 is 38.4. The molecule has 0 aliphatic carbocycles. The Morgan fingerprint density at radius 2 is 2.11 bits per heavy atom. The highest BCUT2D eigenvalue weighted by molar-refractivity contribution is 7.17. The van der Waals surface area contributed by atoms with Crippen molar-refractivity contribution in [2.24, 2.45) is 0 Å². The van der Waals surface area contributed by atoms with Crippen LogP contribution in [0, 0.1) is 0 Å². The zero-order valence-electron chi connectivity index (χ0n) is 9.31. The van der Waals surface area contributed by atoms with Gasteiger partial charge in [-0.05, 0) is 17.5 Å². The zero-order chi connectivity index (χ0) is 13.2. The van der Waals surface area contributed by atoms with Crippen molar-refractivity contribution in [3.8, 4) is 0 Å².